The summed E-state index contributed by atoms with van der Waals surface area (Å²) in [5.74, 6) is -0.699. The maximum absolute atomic E-state index is 13.3. The normalized spacial score (nSPS) is 12.8. The molecular weight excluding hydrogens is 510 g/mol. The van der Waals surface area contributed by atoms with Gasteiger partial charge in [-0.2, -0.15) is 0 Å². The molecule has 8 nitrogen and oxygen atoms in total. The van der Waals surface area contributed by atoms with E-state index in [4.69, 9.17) is 5.73 Å². The molecule has 5 N–H and O–H groups in total. The van der Waals surface area contributed by atoms with Crippen LogP contribution in [-0.4, -0.2) is 41.1 Å². The summed E-state index contributed by atoms with van der Waals surface area (Å²) in [5.41, 5.74) is 10.2. The molecule has 4 aromatic rings. The summed E-state index contributed by atoms with van der Waals surface area (Å²) in [4.78, 5) is 32.9. The zero-order valence-electron chi connectivity index (χ0n) is 22.6. The number of nitrogens with zero attached hydrogens (tertiary/aromatic N) is 2. The van der Waals surface area contributed by atoms with Crippen molar-refractivity contribution in [1.29, 1.82) is 0 Å². The Kier molecular flexibility index (Phi) is 8.83. The molecule has 0 bridgehead atoms. The minimum atomic E-state index is -1.55. The predicted octanol–water partition coefficient (Wildman–Crippen LogP) is 5.32. The number of hydrogen-bond acceptors (Lipinski definition) is 7. The third-order valence-electron chi connectivity index (χ3n) is 6.76. The van der Waals surface area contributed by atoms with Gasteiger partial charge < -0.3 is 26.4 Å². The Morgan fingerprint density at radius 2 is 1.62 bits per heavy atom. The van der Waals surface area contributed by atoms with Crippen molar-refractivity contribution in [2.75, 3.05) is 29.0 Å². The van der Waals surface area contributed by atoms with Gasteiger partial charge in [0.2, 0.25) is 0 Å². The van der Waals surface area contributed by atoms with E-state index in [-0.39, 0.29) is 5.91 Å². The molecule has 4 rings (SSSR count). The molecule has 204 valence electrons. The van der Waals surface area contributed by atoms with Crippen LogP contribution in [0.15, 0.2) is 66.7 Å². The van der Waals surface area contributed by atoms with E-state index in [1.54, 1.807) is 30.3 Å². The Morgan fingerprint density at radius 3 is 2.23 bits per heavy atom. The fourth-order valence-corrected chi connectivity index (χ4v) is 5.23. The van der Waals surface area contributed by atoms with E-state index in [0.29, 0.717) is 27.9 Å². The lowest BCUT2D eigenvalue weighted by Crippen LogP contribution is -2.42. The lowest BCUT2D eigenvalue weighted by Gasteiger charge is -2.25. The topological polar surface area (TPSA) is 121 Å². The van der Waals surface area contributed by atoms with Gasteiger partial charge in [-0.15, -0.1) is 0 Å². The van der Waals surface area contributed by atoms with Crippen LogP contribution in [0.2, 0.25) is 0 Å². The van der Waals surface area contributed by atoms with Crippen LogP contribution in [0.3, 0.4) is 0 Å². The van der Waals surface area contributed by atoms with Crippen molar-refractivity contribution in [3.8, 4) is 0 Å². The first-order chi connectivity index (χ1) is 18.7. The van der Waals surface area contributed by atoms with Gasteiger partial charge in [0, 0.05) is 30.0 Å². The molecule has 0 aliphatic carbocycles. The summed E-state index contributed by atoms with van der Waals surface area (Å²) >= 11 is 1.31. The molecule has 2 atom stereocenters. The highest BCUT2D eigenvalue weighted by atomic mass is 32.1. The highest BCUT2D eigenvalue weighted by molar-refractivity contribution is 7.22. The number of aromatic nitrogens is 1. The summed E-state index contributed by atoms with van der Waals surface area (Å²) in [6.07, 6.45) is -1.55. The minimum Gasteiger partial charge on any atom is -0.381 e. The van der Waals surface area contributed by atoms with E-state index in [2.05, 4.69) is 48.2 Å². The first-order valence-electron chi connectivity index (χ1n) is 13.1. The van der Waals surface area contributed by atoms with E-state index in [9.17, 15) is 14.7 Å². The average Bonchev–Trinajstić information content (AvgIpc) is 3.31. The van der Waals surface area contributed by atoms with Crippen LogP contribution >= 0.6 is 11.3 Å². The Balaban J connectivity index is 1.57. The number of hydrogen-bond donors (Lipinski definition) is 4. The van der Waals surface area contributed by atoms with Gasteiger partial charge in [0.05, 0.1) is 16.3 Å². The van der Waals surface area contributed by atoms with E-state index in [1.165, 1.54) is 11.3 Å². The minimum absolute atomic E-state index is 0.320. The molecule has 39 heavy (non-hydrogen) atoms. The monoisotopic (exact) mass is 545 g/mol. The highest BCUT2D eigenvalue weighted by Crippen LogP contribution is 2.28. The summed E-state index contributed by atoms with van der Waals surface area (Å²) in [6.45, 7) is 10.1. The van der Waals surface area contributed by atoms with Gasteiger partial charge in [-0.05, 0) is 73.4 Å². The molecule has 0 radical (unpaired) electrons. The summed E-state index contributed by atoms with van der Waals surface area (Å²) < 4.78 is 0.821. The second-order valence-corrected chi connectivity index (χ2v) is 10.7. The van der Waals surface area contributed by atoms with E-state index in [1.807, 2.05) is 36.4 Å². The van der Waals surface area contributed by atoms with Crippen LogP contribution in [0.1, 0.15) is 61.1 Å². The largest absolute Gasteiger partial charge is 0.381 e. The number of fused-ring (bicyclic) bond motifs is 1. The predicted molar refractivity (Wildman–Crippen MR) is 159 cm³/mol. The number of nitrogens with one attached hydrogen (secondary N) is 2. The van der Waals surface area contributed by atoms with Crippen molar-refractivity contribution in [1.82, 2.24) is 10.3 Å². The standard InChI is InChI=1S/C30H35N5O3S/c1-5-35(6-2)23-14-11-21(12-15-23)28(37)34-26(20-9-7-19(8-10-20)18(3)4)27(36)29(38)32-22-13-16-24-25(17-22)39-30(31)33-24/h7-18,26-27,36H,5-6H2,1-4H3,(H2,31,33)(H,32,38)(H,34,37). The Hall–Kier alpha value is -3.95. The average molecular weight is 546 g/mol. The number of rotatable bonds is 10. The maximum atomic E-state index is 13.3. The SMILES string of the molecule is CCN(CC)c1ccc(C(=O)NC(c2ccc(C(C)C)cc2)C(O)C(=O)Nc2ccc3nc(N)sc3c2)cc1. The van der Waals surface area contributed by atoms with Crippen molar-refractivity contribution in [3.05, 3.63) is 83.4 Å². The fourth-order valence-electron chi connectivity index (χ4n) is 4.46. The molecule has 0 saturated heterocycles. The second kappa shape index (κ2) is 12.3. The van der Waals surface area contributed by atoms with Gasteiger partial charge in [0.15, 0.2) is 11.2 Å². The van der Waals surface area contributed by atoms with Crippen LogP contribution < -0.4 is 21.3 Å². The molecule has 1 aromatic heterocycles. The number of amides is 2. The van der Waals surface area contributed by atoms with E-state index < -0.39 is 18.1 Å². The maximum Gasteiger partial charge on any atom is 0.255 e. The van der Waals surface area contributed by atoms with Gasteiger partial charge in [0.1, 0.15) is 0 Å². The van der Waals surface area contributed by atoms with Crippen molar-refractivity contribution >= 4 is 49.9 Å². The Bertz CT molecular complexity index is 1430. The molecule has 0 fully saturated rings. The number of thiazole rings is 1. The number of anilines is 3. The zero-order chi connectivity index (χ0) is 28.1. The number of aliphatic hydroxyl groups is 1. The van der Waals surface area contributed by atoms with Gasteiger partial charge in [-0.3, -0.25) is 9.59 Å². The van der Waals surface area contributed by atoms with Crippen molar-refractivity contribution in [2.24, 2.45) is 0 Å². The third kappa shape index (κ3) is 6.55. The van der Waals surface area contributed by atoms with E-state index in [0.717, 1.165) is 34.6 Å². The van der Waals surface area contributed by atoms with Crippen LogP contribution in [0.4, 0.5) is 16.5 Å². The Morgan fingerprint density at radius 1 is 0.974 bits per heavy atom. The van der Waals surface area contributed by atoms with Gasteiger partial charge >= 0.3 is 0 Å². The molecule has 9 heteroatoms. The fraction of sp³-hybridized carbons (Fsp3) is 0.300. The third-order valence-corrected chi connectivity index (χ3v) is 7.61. The van der Waals surface area contributed by atoms with Crippen LogP contribution in [0, 0.1) is 0 Å². The van der Waals surface area contributed by atoms with Gasteiger partial charge in [0.25, 0.3) is 11.8 Å². The van der Waals surface area contributed by atoms with E-state index >= 15 is 0 Å². The smallest absolute Gasteiger partial charge is 0.255 e. The lowest BCUT2D eigenvalue weighted by atomic mass is 9.96. The molecular formula is C30H35N5O3S. The second-order valence-electron chi connectivity index (χ2n) is 9.66. The quantitative estimate of drug-likeness (QED) is 0.214. The number of benzene rings is 3. The van der Waals surface area contributed by atoms with Crippen LogP contribution in [0.25, 0.3) is 10.2 Å². The first-order valence-corrected chi connectivity index (χ1v) is 13.9. The molecule has 0 saturated carbocycles. The molecule has 3 aromatic carbocycles. The van der Waals surface area contributed by atoms with Gasteiger partial charge in [-0.1, -0.05) is 49.4 Å². The molecule has 0 aliphatic rings. The molecule has 0 spiro atoms. The van der Waals surface area contributed by atoms with Crippen LogP contribution in [0.5, 0.6) is 0 Å². The number of carbonyl (C=O) groups is 2. The summed E-state index contributed by atoms with van der Waals surface area (Å²) in [6, 6.07) is 19.1. The van der Waals surface area contributed by atoms with Crippen molar-refractivity contribution in [2.45, 2.75) is 45.8 Å². The number of nitrogens with two attached hydrogens (primary N) is 1. The van der Waals surface area contributed by atoms with Crippen molar-refractivity contribution in [3.63, 3.8) is 0 Å². The molecule has 2 amide bonds. The lowest BCUT2D eigenvalue weighted by molar-refractivity contribution is -0.125. The van der Waals surface area contributed by atoms with Crippen molar-refractivity contribution < 1.29 is 14.7 Å². The Labute approximate surface area is 232 Å². The molecule has 2 unspecified atom stereocenters. The first kappa shape index (κ1) is 28.1. The molecule has 0 aliphatic heterocycles. The number of aliphatic hydroxyl groups excluding tert-OH is 1. The zero-order valence-corrected chi connectivity index (χ0v) is 23.5. The van der Waals surface area contributed by atoms with Crippen LogP contribution in [-0.2, 0) is 4.79 Å². The number of carbonyl (C=O) groups excluding carboxylic acids is 2. The molecule has 1 heterocycles. The van der Waals surface area contributed by atoms with Gasteiger partial charge in [-0.25, -0.2) is 4.98 Å². The summed E-state index contributed by atoms with van der Waals surface area (Å²) in [5, 5.41) is 17.3. The highest BCUT2D eigenvalue weighted by Gasteiger charge is 2.30. The number of nitrogen functional groups attached to an aromatic ring is 1. The summed E-state index contributed by atoms with van der Waals surface area (Å²) in [7, 11) is 0.